The molecule has 0 aromatic heterocycles. The maximum Gasteiger partial charge on any atom is 0.161 e. The van der Waals surface area contributed by atoms with Gasteiger partial charge in [-0.1, -0.05) is 42.5 Å². The molecule has 1 aliphatic heterocycles. The third kappa shape index (κ3) is 3.00. The molecule has 3 aromatic carbocycles. The van der Waals surface area contributed by atoms with E-state index in [4.69, 9.17) is 0 Å². The monoisotopic (exact) mass is 396 g/mol. The molecule has 1 heterocycles. The van der Waals surface area contributed by atoms with Crippen LogP contribution in [0, 0.1) is 0 Å². The van der Waals surface area contributed by atoms with Crippen molar-refractivity contribution in [2.45, 2.75) is 39.2 Å². The highest BCUT2D eigenvalue weighted by molar-refractivity contribution is 6.12. The Kier molecular flexibility index (Phi) is 4.82. The number of hydrogen-bond acceptors (Lipinski definition) is 3. The SMILES string of the molecule is CCN(CC)c1ccc([C@H]2Nc3ccc4ccccc4c3C3=C2C(=O)CCC3)cc1. The van der Waals surface area contributed by atoms with Crippen molar-refractivity contribution in [1.29, 1.82) is 0 Å². The van der Waals surface area contributed by atoms with Crippen molar-refractivity contribution in [1.82, 2.24) is 0 Å². The molecule has 0 radical (unpaired) electrons. The summed E-state index contributed by atoms with van der Waals surface area (Å²) in [6, 6.07) is 21.5. The molecule has 152 valence electrons. The fourth-order valence-corrected chi connectivity index (χ4v) is 5.12. The van der Waals surface area contributed by atoms with Gasteiger partial charge in [0.1, 0.15) is 0 Å². The van der Waals surface area contributed by atoms with E-state index in [0.717, 1.165) is 42.8 Å². The maximum absolute atomic E-state index is 13.1. The second-order valence-corrected chi connectivity index (χ2v) is 8.22. The van der Waals surface area contributed by atoms with Crippen LogP contribution in [0.4, 0.5) is 11.4 Å². The highest BCUT2D eigenvalue weighted by atomic mass is 16.1. The van der Waals surface area contributed by atoms with Gasteiger partial charge in [-0.2, -0.15) is 0 Å². The van der Waals surface area contributed by atoms with Crippen LogP contribution in [0.15, 0.2) is 66.2 Å². The van der Waals surface area contributed by atoms with Crippen LogP contribution in [0.1, 0.15) is 50.3 Å². The lowest BCUT2D eigenvalue weighted by Gasteiger charge is -2.35. The van der Waals surface area contributed by atoms with Crippen LogP contribution in [-0.4, -0.2) is 18.9 Å². The number of allylic oxidation sites excluding steroid dienone is 1. The number of anilines is 2. The summed E-state index contributed by atoms with van der Waals surface area (Å²) in [5.74, 6) is 0.292. The lowest BCUT2D eigenvalue weighted by atomic mass is 9.77. The Balaban J connectivity index is 1.64. The van der Waals surface area contributed by atoms with Crippen molar-refractivity contribution < 1.29 is 4.79 Å². The molecule has 0 saturated carbocycles. The molecule has 3 aromatic rings. The molecule has 1 N–H and O–H groups in total. The molecule has 0 unspecified atom stereocenters. The van der Waals surface area contributed by atoms with Crippen LogP contribution in [0.2, 0.25) is 0 Å². The first-order chi connectivity index (χ1) is 14.7. The van der Waals surface area contributed by atoms with Crippen molar-refractivity contribution in [2.75, 3.05) is 23.3 Å². The Bertz CT molecular complexity index is 1140. The lowest BCUT2D eigenvalue weighted by molar-refractivity contribution is -0.116. The van der Waals surface area contributed by atoms with E-state index in [2.05, 4.69) is 84.7 Å². The first kappa shape index (κ1) is 18.9. The minimum atomic E-state index is -0.0767. The lowest BCUT2D eigenvalue weighted by Crippen LogP contribution is -2.27. The Labute approximate surface area is 178 Å². The normalized spacial score (nSPS) is 18.1. The minimum absolute atomic E-state index is 0.0767. The summed E-state index contributed by atoms with van der Waals surface area (Å²) in [5.41, 5.74) is 6.98. The van der Waals surface area contributed by atoms with Gasteiger partial charge < -0.3 is 10.2 Å². The molecule has 1 aliphatic carbocycles. The number of fused-ring (bicyclic) bond motifs is 4. The van der Waals surface area contributed by atoms with E-state index >= 15 is 0 Å². The number of benzene rings is 3. The Hall–Kier alpha value is -3.07. The third-order valence-electron chi connectivity index (χ3n) is 6.63. The standard InChI is InChI=1S/C27H28N2O/c1-3-29(4-2)20-15-12-19(13-16-20)27-26-22(10-7-11-24(26)30)25-21-9-6-5-8-18(21)14-17-23(25)28-27/h5-6,8-9,12-17,27-28H,3-4,7,10-11H2,1-2H3/t27-/m1/s1. The molecule has 3 nitrogen and oxygen atoms in total. The number of nitrogens with zero attached hydrogens (tertiary/aromatic N) is 1. The van der Waals surface area contributed by atoms with Gasteiger partial charge >= 0.3 is 0 Å². The summed E-state index contributed by atoms with van der Waals surface area (Å²) in [5, 5.41) is 6.18. The molecule has 2 aliphatic rings. The zero-order chi connectivity index (χ0) is 20.7. The summed E-state index contributed by atoms with van der Waals surface area (Å²) in [4.78, 5) is 15.5. The molecule has 0 amide bonds. The van der Waals surface area contributed by atoms with Crippen LogP contribution in [0.5, 0.6) is 0 Å². The average Bonchev–Trinajstić information content (AvgIpc) is 2.79. The van der Waals surface area contributed by atoms with Crippen LogP contribution in [-0.2, 0) is 4.79 Å². The summed E-state index contributed by atoms with van der Waals surface area (Å²) in [6.45, 7) is 6.34. The fourth-order valence-electron chi connectivity index (χ4n) is 5.12. The quantitative estimate of drug-likeness (QED) is 0.557. The summed E-state index contributed by atoms with van der Waals surface area (Å²) < 4.78 is 0. The summed E-state index contributed by atoms with van der Waals surface area (Å²) in [6.07, 6.45) is 2.56. The highest BCUT2D eigenvalue weighted by Gasteiger charge is 2.34. The van der Waals surface area contributed by atoms with Crippen LogP contribution in [0.25, 0.3) is 16.3 Å². The van der Waals surface area contributed by atoms with E-state index < -0.39 is 0 Å². The molecule has 0 bridgehead atoms. The van der Waals surface area contributed by atoms with Crippen molar-refractivity contribution in [3.8, 4) is 0 Å². The van der Waals surface area contributed by atoms with E-state index in [1.54, 1.807) is 0 Å². The number of carbonyl (C=O) groups is 1. The zero-order valence-corrected chi connectivity index (χ0v) is 17.7. The minimum Gasteiger partial charge on any atom is -0.373 e. The van der Waals surface area contributed by atoms with E-state index in [9.17, 15) is 4.79 Å². The largest absolute Gasteiger partial charge is 0.373 e. The highest BCUT2D eigenvalue weighted by Crippen LogP contribution is 2.48. The van der Waals surface area contributed by atoms with Gasteiger partial charge in [0.05, 0.1) is 6.04 Å². The average molecular weight is 397 g/mol. The number of hydrogen-bond donors (Lipinski definition) is 1. The summed E-state index contributed by atoms with van der Waals surface area (Å²) >= 11 is 0. The van der Waals surface area contributed by atoms with Gasteiger partial charge in [-0.05, 0) is 66.8 Å². The van der Waals surface area contributed by atoms with Gasteiger partial charge in [0, 0.05) is 42.0 Å². The molecule has 5 rings (SSSR count). The van der Waals surface area contributed by atoms with Crippen molar-refractivity contribution >= 4 is 33.5 Å². The third-order valence-corrected chi connectivity index (χ3v) is 6.63. The first-order valence-corrected chi connectivity index (χ1v) is 11.1. The van der Waals surface area contributed by atoms with E-state index in [-0.39, 0.29) is 6.04 Å². The summed E-state index contributed by atoms with van der Waals surface area (Å²) in [7, 11) is 0. The molecule has 30 heavy (non-hydrogen) atoms. The molecular weight excluding hydrogens is 368 g/mol. The molecule has 1 atom stereocenters. The van der Waals surface area contributed by atoms with Crippen molar-refractivity contribution in [2.24, 2.45) is 0 Å². The van der Waals surface area contributed by atoms with Crippen LogP contribution < -0.4 is 10.2 Å². The number of carbonyl (C=O) groups excluding carboxylic acids is 1. The van der Waals surface area contributed by atoms with Crippen LogP contribution >= 0.6 is 0 Å². The molecule has 3 heteroatoms. The van der Waals surface area contributed by atoms with Crippen molar-refractivity contribution in [3.05, 3.63) is 77.4 Å². The first-order valence-electron chi connectivity index (χ1n) is 11.1. The Morgan fingerprint density at radius 1 is 0.933 bits per heavy atom. The number of rotatable bonds is 4. The second kappa shape index (κ2) is 7.64. The predicted molar refractivity (Wildman–Crippen MR) is 126 cm³/mol. The Morgan fingerprint density at radius 2 is 1.70 bits per heavy atom. The molecule has 0 spiro atoms. The zero-order valence-electron chi connectivity index (χ0n) is 17.7. The van der Waals surface area contributed by atoms with Gasteiger partial charge in [-0.25, -0.2) is 0 Å². The Morgan fingerprint density at radius 3 is 2.47 bits per heavy atom. The van der Waals surface area contributed by atoms with Gasteiger partial charge in [-0.3, -0.25) is 4.79 Å². The molecular formula is C27H28N2O. The van der Waals surface area contributed by atoms with E-state index in [0.29, 0.717) is 12.2 Å². The van der Waals surface area contributed by atoms with Gasteiger partial charge in [0.2, 0.25) is 0 Å². The fraction of sp³-hybridized carbons (Fsp3) is 0.296. The van der Waals surface area contributed by atoms with E-state index in [1.165, 1.54) is 27.6 Å². The smallest absolute Gasteiger partial charge is 0.161 e. The van der Waals surface area contributed by atoms with Crippen molar-refractivity contribution in [3.63, 3.8) is 0 Å². The van der Waals surface area contributed by atoms with Gasteiger partial charge in [0.15, 0.2) is 5.78 Å². The predicted octanol–water partition coefficient (Wildman–Crippen LogP) is 6.36. The molecule has 0 fully saturated rings. The number of ketones is 1. The maximum atomic E-state index is 13.1. The molecule has 0 saturated heterocycles. The van der Waals surface area contributed by atoms with Crippen LogP contribution in [0.3, 0.4) is 0 Å². The number of Topliss-reactive ketones (excluding diaryl/α,β-unsaturated/α-hetero) is 1. The van der Waals surface area contributed by atoms with Gasteiger partial charge in [0.25, 0.3) is 0 Å². The number of nitrogens with one attached hydrogen (secondary N) is 1. The topological polar surface area (TPSA) is 32.3 Å². The van der Waals surface area contributed by atoms with Gasteiger partial charge in [-0.15, -0.1) is 0 Å². The van der Waals surface area contributed by atoms with E-state index in [1.807, 2.05) is 0 Å². The second-order valence-electron chi connectivity index (χ2n) is 8.22.